The predicted molar refractivity (Wildman–Crippen MR) is 96.6 cm³/mol. The first-order valence-electron chi connectivity index (χ1n) is 7.60. The molecule has 5 heteroatoms. The van der Waals surface area contributed by atoms with E-state index < -0.39 is 11.8 Å². The first-order valence-corrected chi connectivity index (χ1v) is 7.98. The molecule has 0 aliphatic heterocycles. The molecular weight excluding hydrogens is 324 g/mol. The maximum atomic E-state index is 11.9. The number of rotatable bonds is 4. The number of hydrazine groups is 1. The highest BCUT2D eigenvalue weighted by Gasteiger charge is 2.09. The molecule has 2 N–H and O–H groups in total. The number of halogens is 1. The van der Waals surface area contributed by atoms with Gasteiger partial charge >= 0.3 is 0 Å². The SMILES string of the molecule is CC(C)c1ccc(/C=C/C(=O)NNC(=O)c2ccccc2Cl)cc1. The van der Waals surface area contributed by atoms with Crippen LogP contribution in [0.2, 0.25) is 5.02 Å². The normalized spacial score (nSPS) is 10.8. The Kier molecular flexibility index (Phi) is 6.15. The van der Waals surface area contributed by atoms with Crippen molar-refractivity contribution in [1.82, 2.24) is 10.9 Å². The number of nitrogens with one attached hydrogen (secondary N) is 2. The summed E-state index contributed by atoms with van der Waals surface area (Å²) in [6, 6.07) is 14.6. The highest BCUT2D eigenvalue weighted by atomic mass is 35.5. The number of hydrogen-bond acceptors (Lipinski definition) is 2. The molecule has 0 radical (unpaired) electrons. The zero-order valence-corrected chi connectivity index (χ0v) is 14.3. The van der Waals surface area contributed by atoms with Gasteiger partial charge in [-0.25, -0.2) is 0 Å². The van der Waals surface area contributed by atoms with Gasteiger partial charge in [0.1, 0.15) is 0 Å². The maximum Gasteiger partial charge on any atom is 0.271 e. The van der Waals surface area contributed by atoms with Crippen LogP contribution in [0.15, 0.2) is 54.6 Å². The van der Waals surface area contributed by atoms with Crippen LogP contribution in [0.3, 0.4) is 0 Å². The molecule has 0 atom stereocenters. The molecular formula is C19H19ClN2O2. The van der Waals surface area contributed by atoms with E-state index in [0.29, 0.717) is 16.5 Å². The standard InChI is InChI=1S/C19H19ClN2O2/c1-13(2)15-10-7-14(8-11-15)9-12-18(23)21-22-19(24)16-5-3-4-6-17(16)20/h3-13H,1-2H3,(H,21,23)(H,22,24)/b12-9+. The van der Waals surface area contributed by atoms with Gasteiger partial charge in [0.25, 0.3) is 11.8 Å². The molecule has 4 nitrogen and oxygen atoms in total. The van der Waals surface area contributed by atoms with Crippen molar-refractivity contribution in [2.24, 2.45) is 0 Å². The summed E-state index contributed by atoms with van der Waals surface area (Å²) < 4.78 is 0. The highest BCUT2D eigenvalue weighted by molar-refractivity contribution is 6.33. The van der Waals surface area contributed by atoms with E-state index in [1.807, 2.05) is 24.3 Å². The maximum absolute atomic E-state index is 11.9. The molecule has 2 rings (SSSR count). The van der Waals surface area contributed by atoms with Crippen molar-refractivity contribution in [1.29, 1.82) is 0 Å². The van der Waals surface area contributed by atoms with Gasteiger partial charge in [-0.2, -0.15) is 0 Å². The van der Waals surface area contributed by atoms with E-state index >= 15 is 0 Å². The van der Waals surface area contributed by atoms with Crippen molar-refractivity contribution < 1.29 is 9.59 Å². The Hall–Kier alpha value is -2.59. The summed E-state index contributed by atoms with van der Waals surface area (Å²) in [6.45, 7) is 4.25. The lowest BCUT2D eigenvalue weighted by atomic mass is 10.0. The van der Waals surface area contributed by atoms with E-state index in [1.165, 1.54) is 11.6 Å². The van der Waals surface area contributed by atoms with Gasteiger partial charge in [-0.1, -0.05) is 61.8 Å². The van der Waals surface area contributed by atoms with Crippen molar-refractivity contribution in [3.8, 4) is 0 Å². The number of benzene rings is 2. The van der Waals surface area contributed by atoms with Gasteiger partial charge < -0.3 is 0 Å². The number of carbonyl (C=O) groups is 2. The van der Waals surface area contributed by atoms with Crippen molar-refractivity contribution in [3.05, 3.63) is 76.3 Å². The van der Waals surface area contributed by atoms with Gasteiger partial charge in [-0.15, -0.1) is 0 Å². The Bertz CT molecular complexity index is 752. The lowest BCUT2D eigenvalue weighted by molar-refractivity contribution is -0.117. The van der Waals surface area contributed by atoms with Crippen molar-refractivity contribution >= 4 is 29.5 Å². The lowest BCUT2D eigenvalue weighted by Gasteiger charge is -2.06. The van der Waals surface area contributed by atoms with Gasteiger partial charge in [0.05, 0.1) is 10.6 Å². The Labute approximate surface area is 146 Å². The molecule has 0 bridgehead atoms. The summed E-state index contributed by atoms with van der Waals surface area (Å²) in [5.74, 6) is -0.432. The van der Waals surface area contributed by atoms with Crippen LogP contribution in [0.1, 0.15) is 41.3 Å². The van der Waals surface area contributed by atoms with Crippen LogP contribution < -0.4 is 10.9 Å². The Morgan fingerprint density at radius 3 is 2.29 bits per heavy atom. The monoisotopic (exact) mass is 342 g/mol. The third-order valence-corrected chi connectivity index (χ3v) is 3.78. The molecule has 124 valence electrons. The van der Waals surface area contributed by atoms with E-state index in [4.69, 9.17) is 11.6 Å². The van der Waals surface area contributed by atoms with E-state index in [0.717, 1.165) is 5.56 Å². The van der Waals surface area contributed by atoms with Crippen LogP contribution in [-0.2, 0) is 4.79 Å². The first-order chi connectivity index (χ1) is 11.5. The summed E-state index contributed by atoms with van der Waals surface area (Å²) in [7, 11) is 0. The Morgan fingerprint density at radius 1 is 1.00 bits per heavy atom. The van der Waals surface area contributed by atoms with Crippen LogP contribution >= 0.6 is 11.6 Å². The molecule has 0 fully saturated rings. The quantitative estimate of drug-likeness (QED) is 0.653. The minimum absolute atomic E-state index is 0.299. The van der Waals surface area contributed by atoms with Gasteiger partial charge in [-0.3, -0.25) is 20.4 Å². The summed E-state index contributed by atoms with van der Waals surface area (Å²) >= 11 is 5.92. The van der Waals surface area contributed by atoms with Crippen LogP contribution in [0.5, 0.6) is 0 Å². The van der Waals surface area contributed by atoms with E-state index in [9.17, 15) is 9.59 Å². The first kappa shape index (κ1) is 17.8. The van der Waals surface area contributed by atoms with Gasteiger partial charge in [0.15, 0.2) is 0 Å². The second kappa shape index (κ2) is 8.31. The van der Waals surface area contributed by atoms with Crippen LogP contribution in [0.25, 0.3) is 6.08 Å². The molecule has 0 saturated heterocycles. The van der Waals surface area contributed by atoms with Crippen LogP contribution in [0, 0.1) is 0 Å². The van der Waals surface area contributed by atoms with E-state index in [-0.39, 0.29) is 0 Å². The summed E-state index contributed by atoms with van der Waals surface area (Å²) in [5, 5.41) is 0.324. The number of hydrogen-bond donors (Lipinski definition) is 2. The summed E-state index contributed by atoms with van der Waals surface area (Å²) in [6.07, 6.45) is 3.04. The van der Waals surface area contributed by atoms with Gasteiger partial charge in [0, 0.05) is 6.08 Å². The molecule has 0 unspecified atom stereocenters. The largest absolute Gasteiger partial charge is 0.271 e. The molecule has 24 heavy (non-hydrogen) atoms. The predicted octanol–water partition coefficient (Wildman–Crippen LogP) is 3.94. The fraction of sp³-hybridized carbons (Fsp3) is 0.158. The van der Waals surface area contributed by atoms with Crippen LogP contribution in [-0.4, -0.2) is 11.8 Å². The van der Waals surface area contributed by atoms with Gasteiger partial charge in [0.2, 0.25) is 0 Å². The molecule has 0 aliphatic carbocycles. The molecule has 0 heterocycles. The zero-order valence-electron chi connectivity index (χ0n) is 13.5. The second-order valence-electron chi connectivity index (χ2n) is 5.58. The number of amides is 2. The van der Waals surface area contributed by atoms with E-state index in [1.54, 1.807) is 30.3 Å². The molecule has 2 aromatic rings. The van der Waals surface area contributed by atoms with Crippen molar-refractivity contribution in [3.63, 3.8) is 0 Å². The fourth-order valence-electron chi connectivity index (χ4n) is 2.04. The topological polar surface area (TPSA) is 58.2 Å². The lowest BCUT2D eigenvalue weighted by Crippen LogP contribution is -2.40. The minimum Gasteiger partial charge on any atom is -0.268 e. The van der Waals surface area contributed by atoms with Crippen LogP contribution in [0.4, 0.5) is 0 Å². The average molecular weight is 343 g/mol. The third-order valence-electron chi connectivity index (χ3n) is 3.45. The fourth-order valence-corrected chi connectivity index (χ4v) is 2.26. The smallest absolute Gasteiger partial charge is 0.268 e. The second-order valence-corrected chi connectivity index (χ2v) is 5.99. The Balaban J connectivity index is 1.89. The number of carbonyl (C=O) groups excluding carboxylic acids is 2. The molecule has 0 spiro atoms. The van der Waals surface area contributed by atoms with Crippen molar-refractivity contribution in [2.45, 2.75) is 19.8 Å². The summed E-state index contributed by atoms with van der Waals surface area (Å²) in [4.78, 5) is 23.7. The average Bonchev–Trinajstić information content (AvgIpc) is 2.58. The summed E-state index contributed by atoms with van der Waals surface area (Å²) in [5.41, 5.74) is 7.10. The minimum atomic E-state index is -0.469. The van der Waals surface area contributed by atoms with Crippen molar-refractivity contribution in [2.75, 3.05) is 0 Å². The Morgan fingerprint density at radius 2 is 1.67 bits per heavy atom. The molecule has 0 saturated carbocycles. The molecule has 0 aliphatic rings. The molecule has 2 aromatic carbocycles. The third kappa shape index (κ3) is 4.96. The zero-order chi connectivity index (χ0) is 17.5. The molecule has 0 aromatic heterocycles. The highest BCUT2D eigenvalue weighted by Crippen LogP contribution is 2.15. The van der Waals surface area contributed by atoms with E-state index in [2.05, 4.69) is 24.7 Å². The molecule has 2 amide bonds. The van der Waals surface area contributed by atoms with Gasteiger partial charge in [-0.05, 0) is 35.3 Å².